The molecule has 1 aliphatic heterocycles. The minimum atomic E-state index is -1.15. The van der Waals surface area contributed by atoms with Gasteiger partial charge in [-0.05, 0) is 12.1 Å². The molecule has 1 N–H and O–H groups in total. The molecular weight excluding hydrogens is 264 g/mol. The van der Waals surface area contributed by atoms with Gasteiger partial charge in [0.2, 0.25) is 0 Å². The molecule has 0 radical (unpaired) electrons. The van der Waals surface area contributed by atoms with E-state index in [1.54, 1.807) is 12.0 Å². The van der Waals surface area contributed by atoms with Crippen LogP contribution in [0.1, 0.15) is 21.0 Å². The molecule has 1 aromatic rings. The Bertz CT molecular complexity index is 503. The standard InChI is InChI=1S/C13H16N2O5/c1-19-8-9-7-15(5-6-20-9)12(16)10-3-2-4-11(14-10)13(17)18/h2-4,9H,5-8H2,1H3,(H,17,18). The number of carbonyl (C=O) groups is 2. The number of methoxy groups -OCH3 is 1. The zero-order valence-corrected chi connectivity index (χ0v) is 11.1. The molecule has 0 aliphatic carbocycles. The Morgan fingerprint density at radius 3 is 2.95 bits per heavy atom. The summed E-state index contributed by atoms with van der Waals surface area (Å²) < 4.78 is 10.5. The summed E-state index contributed by atoms with van der Waals surface area (Å²) in [6.07, 6.45) is -0.166. The molecule has 1 fully saturated rings. The maximum Gasteiger partial charge on any atom is 0.354 e. The van der Waals surface area contributed by atoms with Crippen molar-refractivity contribution in [2.45, 2.75) is 6.10 Å². The van der Waals surface area contributed by atoms with Gasteiger partial charge in [0.25, 0.3) is 5.91 Å². The predicted octanol–water partition coefficient (Wildman–Crippen LogP) is 0.267. The molecule has 1 unspecified atom stereocenters. The van der Waals surface area contributed by atoms with Gasteiger partial charge >= 0.3 is 5.97 Å². The van der Waals surface area contributed by atoms with Crippen molar-refractivity contribution in [1.29, 1.82) is 0 Å². The fourth-order valence-corrected chi connectivity index (χ4v) is 2.03. The van der Waals surface area contributed by atoms with Gasteiger partial charge in [-0.2, -0.15) is 0 Å². The molecule has 108 valence electrons. The molecular formula is C13H16N2O5. The zero-order chi connectivity index (χ0) is 14.5. The number of pyridine rings is 1. The highest BCUT2D eigenvalue weighted by molar-refractivity contribution is 5.94. The van der Waals surface area contributed by atoms with Crippen LogP contribution in [0, 0.1) is 0 Å². The summed E-state index contributed by atoms with van der Waals surface area (Å²) in [7, 11) is 1.57. The minimum Gasteiger partial charge on any atom is -0.477 e. The largest absolute Gasteiger partial charge is 0.477 e. The smallest absolute Gasteiger partial charge is 0.354 e. The van der Waals surface area contributed by atoms with Crippen LogP contribution in [0.3, 0.4) is 0 Å². The van der Waals surface area contributed by atoms with Gasteiger partial charge in [-0.1, -0.05) is 6.07 Å². The summed E-state index contributed by atoms with van der Waals surface area (Å²) >= 11 is 0. The zero-order valence-electron chi connectivity index (χ0n) is 11.1. The third kappa shape index (κ3) is 3.31. The molecule has 1 atom stereocenters. The summed E-state index contributed by atoms with van der Waals surface area (Å²) in [5.41, 5.74) is -0.0134. The van der Waals surface area contributed by atoms with Crippen molar-refractivity contribution in [1.82, 2.24) is 9.88 Å². The second kappa shape index (κ2) is 6.44. The topological polar surface area (TPSA) is 89.0 Å². The number of carboxylic acids is 1. The quantitative estimate of drug-likeness (QED) is 0.851. The first kappa shape index (κ1) is 14.4. The molecule has 1 saturated heterocycles. The summed E-state index contributed by atoms with van der Waals surface area (Å²) in [4.78, 5) is 28.6. The van der Waals surface area contributed by atoms with Gasteiger partial charge in [-0.3, -0.25) is 4.79 Å². The fourth-order valence-electron chi connectivity index (χ4n) is 2.03. The lowest BCUT2D eigenvalue weighted by atomic mass is 10.2. The molecule has 0 saturated carbocycles. The molecule has 2 rings (SSSR count). The lowest BCUT2D eigenvalue weighted by Gasteiger charge is -2.32. The van der Waals surface area contributed by atoms with Gasteiger partial charge in [-0.25, -0.2) is 9.78 Å². The highest BCUT2D eigenvalue weighted by Gasteiger charge is 2.26. The Morgan fingerprint density at radius 2 is 2.25 bits per heavy atom. The van der Waals surface area contributed by atoms with Gasteiger partial charge < -0.3 is 19.5 Å². The third-order valence-electron chi connectivity index (χ3n) is 2.97. The number of carbonyl (C=O) groups excluding carboxylic acids is 1. The van der Waals surface area contributed by atoms with Gasteiger partial charge in [0.05, 0.1) is 19.3 Å². The number of hydrogen-bond acceptors (Lipinski definition) is 5. The van der Waals surface area contributed by atoms with Crippen molar-refractivity contribution in [3.8, 4) is 0 Å². The molecule has 1 amide bonds. The van der Waals surface area contributed by atoms with Crippen LogP contribution in [0.2, 0.25) is 0 Å². The lowest BCUT2D eigenvalue weighted by molar-refractivity contribution is -0.0532. The average molecular weight is 280 g/mol. The number of ether oxygens (including phenoxy) is 2. The molecule has 7 heteroatoms. The van der Waals surface area contributed by atoms with Crippen LogP contribution in [0.15, 0.2) is 18.2 Å². The number of aromatic carboxylic acids is 1. The van der Waals surface area contributed by atoms with E-state index in [0.29, 0.717) is 26.3 Å². The first-order valence-corrected chi connectivity index (χ1v) is 6.22. The SMILES string of the molecule is COCC1CN(C(=O)c2cccc(C(=O)O)n2)CCO1. The van der Waals surface area contributed by atoms with Gasteiger partial charge in [0.15, 0.2) is 0 Å². The second-order valence-electron chi connectivity index (χ2n) is 4.41. The van der Waals surface area contributed by atoms with Crippen LogP contribution < -0.4 is 0 Å². The number of amides is 1. The molecule has 20 heavy (non-hydrogen) atoms. The summed E-state index contributed by atoms with van der Waals surface area (Å²) in [6.45, 7) is 1.70. The van der Waals surface area contributed by atoms with Crippen molar-refractivity contribution in [3.63, 3.8) is 0 Å². The number of nitrogens with zero attached hydrogens (tertiary/aromatic N) is 2. The molecule has 1 aliphatic rings. The molecule has 2 heterocycles. The van der Waals surface area contributed by atoms with Gasteiger partial charge in [0, 0.05) is 20.2 Å². The van der Waals surface area contributed by atoms with Crippen molar-refractivity contribution in [2.75, 3.05) is 33.4 Å². The van der Waals surface area contributed by atoms with E-state index in [1.807, 2.05) is 0 Å². The maximum atomic E-state index is 12.3. The predicted molar refractivity (Wildman–Crippen MR) is 68.7 cm³/mol. The Hall–Kier alpha value is -1.99. The summed E-state index contributed by atoms with van der Waals surface area (Å²) in [6, 6.07) is 4.37. The molecule has 1 aromatic heterocycles. The number of hydrogen-bond donors (Lipinski definition) is 1. The Kier molecular flexibility index (Phi) is 4.65. The summed E-state index contributed by atoms with van der Waals surface area (Å²) in [5.74, 6) is -1.45. The van der Waals surface area contributed by atoms with Crippen LogP contribution in [0.25, 0.3) is 0 Å². The number of rotatable bonds is 4. The van der Waals surface area contributed by atoms with E-state index < -0.39 is 5.97 Å². The Labute approximate surface area is 116 Å². The van der Waals surface area contributed by atoms with E-state index in [2.05, 4.69) is 4.98 Å². The van der Waals surface area contributed by atoms with Crippen molar-refractivity contribution >= 4 is 11.9 Å². The normalized spacial score (nSPS) is 18.9. The van der Waals surface area contributed by atoms with E-state index in [4.69, 9.17) is 14.6 Å². The van der Waals surface area contributed by atoms with Crippen LogP contribution in [-0.4, -0.2) is 66.4 Å². The lowest BCUT2D eigenvalue weighted by Crippen LogP contribution is -2.47. The van der Waals surface area contributed by atoms with E-state index in [0.717, 1.165) is 0 Å². The number of morpholine rings is 1. The maximum absolute atomic E-state index is 12.3. The molecule has 7 nitrogen and oxygen atoms in total. The van der Waals surface area contributed by atoms with E-state index >= 15 is 0 Å². The first-order chi connectivity index (χ1) is 9.61. The van der Waals surface area contributed by atoms with Crippen LogP contribution in [0.4, 0.5) is 0 Å². The van der Waals surface area contributed by atoms with Crippen LogP contribution in [0.5, 0.6) is 0 Å². The third-order valence-corrected chi connectivity index (χ3v) is 2.97. The van der Waals surface area contributed by atoms with E-state index in [9.17, 15) is 9.59 Å². The van der Waals surface area contributed by atoms with Crippen molar-refractivity contribution in [3.05, 3.63) is 29.6 Å². The fraction of sp³-hybridized carbons (Fsp3) is 0.462. The van der Waals surface area contributed by atoms with E-state index in [-0.39, 0.29) is 23.4 Å². The van der Waals surface area contributed by atoms with Crippen LogP contribution >= 0.6 is 0 Å². The molecule has 0 bridgehead atoms. The number of carboxylic acid groups (broad SMARTS) is 1. The first-order valence-electron chi connectivity index (χ1n) is 6.22. The highest BCUT2D eigenvalue weighted by Crippen LogP contribution is 2.10. The van der Waals surface area contributed by atoms with Gasteiger partial charge in [-0.15, -0.1) is 0 Å². The Balaban J connectivity index is 2.10. The highest BCUT2D eigenvalue weighted by atomic mass is 16.5. The molecule has 0 spiro atoms. The minimum absolute atomic E-state index is 0.128. The van der Waals surface area contributed by atoms with E-state index in [1.165, 1.54) is 18.2 Å². The van der Waals surface area contributed by atoms with Crippen LogP contribution in [-0.2, 0) is 9.47 Å². The monoisotopic (exact) mass is 280 g/mol. The number of aromatic nitrogens is 1. The average Bonchev–Trinajstić information content (AvgIpc) is 2.47. The molecule has 0 aromatic carbocycles. The van der Waals surface area contributed by atoms with Gasteiger partial charge in [0.1, 0.15) is 11.4 Å². The van der Waals surface area contributed by atoms with Crippen molar-refractivity contribution in [2.24, 2.45) is 0 Å². The Morgan fingerprint density at radius 1 is 1.50 bits per heavy atom. The van der Waals surface area contributed by atoms with Crippen molar-refractivity contribution < 1.29 is 24.2 Å². The second-order valence-corrected chi connectivity index (χ2v) is 4.41. The summed E-state index contributed by atoms with van der Waals surface area (Å²) in [5, 5.41) is 8.89.